The molecule has 1 aliphatic heterocycles. The van der Waals surface area contributed by atoms with Gasteiger partial charge in [-0.05, 0) is 56.0 Å². The Morgan fingerprint density at radius 3 is 2.44 bits per heavy atom. The molecule has 0 spiro atoms. The Morgan fingerprint density at radius 1 is 1.13 bits per heavy atom. The highest BCUT2D eigenvalue weighted by Gasteiger charge is 2.37. The zero-order valence-corrected chi connectivity index (χ0v) is 23.4. The Morgan fingerprint density at radius 2 is 1.82 bits per heavy atom. The van der Waals surface area contributed by atoms with Crippen LogP contribution in [0.15, 0.2) is 58.3 Å². The van der Waals surface area contributed by atoms with Crippen molar-refractivity contribution in [2.75, 3.05) is 19.6 Å². The molecule has 1 saturated heterocycles. The lowest BCUT2D eigenvalue weighted by atomic mass is 10.0. The van der Waals surface area contributed by atoms with E-state index in [1.54, 1.807) is 32.9 Å². The molecule has 0 bridgehead atoms. The summed E-state index contributed by atoms with van der Waals surface area (Å²) in [5.41, 5.74) is 0.685. The summed E-state index contributed by atoms with van der Waals surface area (Å²) >= 11 is 1.31. The molecular weight excluding hydrogens is 522 g/mol. The van der Waals surface area contributed by atoms with Crippen molar-refractivity contribution in [3.8, 4) is 0 Å². The molecular formula is C28H33N3O7S. The fourth-order valence-corrected chi connectivity index (χ4v) is 5.23. The van der Waals surface area contributed by atoms with Crippen LogP contribution in [-0.2, 0) is 14.3 Å². The number of carboxylic acids is 1. The van der Waals surface area contributed by atoms with Gasteiger partial charge < -0.3 is 19.6 Å². The SMILES string of the molecule is CC(C)c1ccccc1Sc1ccc(C=CC(=O)N2CCN(C(=O)OC(C)(C)C)CC2C(=O)O)cc1[N+](=O)[O-]. The lowest BCUT2D eigenvalue weighted by molar-refractivity contribution is -0.387. The fraction of sp³-hybridized carbons (Fsp3) is 0.393. The number of aliphatic carboxylic acids is 1. The number of carboxylic acid groups (broad SMARTS) is 1. The van der Waals surface area contributed by atoms with Gasteiger partial charge in [-0.3, -0.25) is 14.9 Å². The van der Waals surface area contributed by atoms with Crippen LogP contribution in [0, 0.1) is 10.1 Å². The van der Waals surface area contributed by atoms with Crippen molar-refractivity contribution in [3.05, 3.63) is 69.8 Å². The van der Waals surface area contributed by atoms with Crippen molar-refractivity contribution in [2.45, 2.75) is 62.0 Å². The third-order valence-electron chi connectivity index (χ3n) is 5.96. The highest BCUT2D eigenvalue weighted by atomic mass is 32.2. The highest BCUT2D eigenvalue weighted by Crippen LogP contribution is 2.39. The predicted molar refractivity (Wildman–Crippen MR) is 148 cm³/mol. The minimum Gasteiger partial charge on any atom is -0.480 e. The van der Waals surface area contributed by atoms with Crippen molar-refractivity contribution < 1.29 is 29.2 Å². The number of hydrogen-bond donors (Lipinski definition) is 1. The lowest BCUT2D eigenvalue weighted by Crippen LogP contribution is -2.59. The maximum atomic E-state index is 12.9. The van der Waals surface area contributed by atoms with Gasteiger partial charge in [0.1, 0.15) is 11.6 Å². The van der Waals surface area contributed by atoms with E-state index in [1.807, 2.05) is 24.3 Å². The molecule has 1 unspecified atom stereocenters. The summed E-state index contributed by atoms with van der Waals surface area (Å²) in [6.07, 6.45) is 1.97. The summed E-state index contributed by atoms with van der Waals surface area (Å²) in [5.74, 6) is -1.57. The first-order valence-electron chi connectivity index (χ1n) is 12.5. The average molecular weight is 556 g/mol. The zero-order chi connectivity index (χ0) is 28.9. The highest BCUT2D eigenvalue weighted by molar-refractivity contribution is 7.99. The van der Waals surface area contributed by atoms with Gasteiger partial charge in [0, 0.05) is 30.1 Å². The first kappa shape index (κ1) is 29.7. The first-order valence-corrected chi connectivity index (χ1v) is 13.3. The third kappa shape index (κ3) is 7.82. The van der Waals surface area contributed by atoms with Gasteiger partial charge in [-0.25, -0.2) is 9.59 Å². The van der Waals surface area contributed by atoms with E-state index in [2.05, 4.69) is 13.8 Å². The van der Waals surface area contributed by atoms with Crippen molar-refractivity contribution in [2.24, 2.45) is 0 Å². The maximum absolute atomic E-state index is 12.9. The Bertz CT molecular complexity index is 1290. The minimum absolute atomic E-state index is 0.00433. The molecule has 11 heteroatoms. The predicted octanol–water partition coefficient (Wildman–Crippen LogP) is 5.42. The van der Waals surface area contributed by atoms with Crippen LogP contribution in [0.3, 0.4) is 0 Å². The van der Waals surface area contributed by atoms with E-state index in [4.69, 9.17) is 4.74 Å². The van der Waals surface area contributed by atoms with Crippen molar-refractivity contribution >= 4 is 41.5 Å². The molecule has 0 saturated carbocycles. The number of rotatable bonds is 7. The number of carbonyl (C=O) groups is 3. The van der Waals surface area contributed by atoms with Crippen LogP contribution in [0.1, 0.15) is 51.7 Å². The van der Waals surface area contributed by atoms with Gasteiger partial charge in [-0.2, -0.15) is 0 Å². The number of nitro benzene ring substituents is 1. The van der Waals surface area contributed by atoms with Crippen molar-refractivity contribution in [1.29, 1.82) is 0 Å². The van der Waals surface area contributed by atoms with E-state index < -0.39 is 34.5 Å². The second kappa shape index (κ2) is 12.3. The number of nitro groups is 1. The molecule has 1 aliphatic rings. The van der Waals surface area contributed by atoms with Crippen LogP contribution >= 0.6 is 11.8 Å². The summed E-state index contributed by atoms with van der Waals surface area (Å²) in [5, 5.41) is 21.5. The van der Waals surface area contributed by atoms with Crippen LogP contribution in [0.4, 0.5) is 10.5 Å². The smallest absolute Gasteiger partial charge is 0.410 e. The molecule has 2 aromatic carbocycles. The summed E-state index contributed by atoms with van der Waals surface area (Å²) in [4.78, 5) is 52.4. The standard InChI is InChI=1S/C28H33N3O7S/c1-18(2)20-8-6-7-9-23(20)39-24-12-10-19(16-21(24)31(36)37)11-13-25(32)30-15-14-29(17-22(30)26(33)34)27(35)38-28(3,4)5/h6-13,16,18,22H,14-15,17H2,1-5H3,(H,33,34). The number of hydrogen-bond acceptors (Lipinski definition) is 7. The van der Waals surface area contributed by atoms with Crippen LogP contribution in [0.5, 0.6) is 0 Å². The molecule has 1 atom stereocenters. The number of piperazine rings is 1. The monoisotopic (exact) mass is 555 g/mol. The first-order chi connectivity index (χ1) is 18.3. The Hall–Kier alpha value is -3.86. The molecule has 1 heterocycles. The summed E-state index contributed by atoms with van der Waals surface area (Å²) < 4.78 is 5.32. The molecule has 2 amide bonds. The second-order valence-electron chi connectivity index (χ2n) is 10.4. The molecule has 0 aromatic heterocycles. The van der Waals surface area contributed by atoms with Crippen LogP contribution in [0.2, 0.25) is 0 Å². The van der Waals surface area contributed by atoms with Crippen molar-refractivity contribution in [1.82, 2.24) is 9.80 Å². The number of benzene rings is 2. The fourth-order valence-electron chi connectivity index (χ4n) is 4.05. The Kier molecular flexibility index (Phi) is 9.39. The molecule has 1 fully saturated rings. The molecule has 0 radical (unpaired) electrons. The molecule has 208 valence electrons. The van der Waals surface area contributed by atoms with Gasteiger partial charge in [0.25, 0.3) is 5.69 Å². The van der Waals surface area contributed by atoms with Crippen LogP contribution in [0.25, 0.3) is 6.08 Å². The zero-order valence-electron chi connectivity index (χ0n) is 22.6. The van der Waals surface area contributed by atoms with E-state index in [9.17, 15) is 29.6 Å². The molecule has 0 aliphatic carbocycles. The van der Waals surface area contributed by atoms with E-state index in [1.165, 1.54) is 39.8 Å². The van der Waals surface area contributed by atoms with E-state index in [0.717, 1.165) is 10.5 Å². The Labute approximate surface area is 231 Å². The minimum atomic E-state index is -1.25. The van der Waals surface area contributed by atoms with E-state index in [0.29, 0.717) is 10.5 Å². The molecule has 1 N–H and O–H groups in total. The molecule has 2 aromatic rings. The van der Waals surface area contributed by atoms with Gasteiger partial charge in [-0.1, -0.05) is 49.9 Å². The number of carbonyl (C=O) groups excluding carboxylic acids is 2. The number of nitrogens with zero attached hydrogens (tertiary/aromatic N) is 3. The molecule has 39 heavy (non-hydrogen) atoms. The van der Waals surface area contributed by atoms with Crippen LogP contribution in [-0.4, -0.2) is 69.1 Å². The second-order valence-corrected chi connectivity index (χ2v) is 11.5. The van der Waals surface area contributed by atoms with E-state index >= 15 is 0 Å². The van der Waals surface area contributed by atoms with Gasteiger partial charge in [0.15, 0.2) is 0 Å². The maximum Gasteiger partial charge on any atom is 0.410 e. The topological polar surface area (TPSA) is 130 Å². The third-order valence-corrected chi connectivity index (χ3v) is 7.12. The average Bonchev–Trinajstić information content (AvgIpc) is 2.86. The van der Waals surface area contributed by atoms with Gasteiger partial charge >= 0.3 is 12.1 Å². The molecule has 10 nitrogen and oxygen atoms in total. The van der Waals surface area contributed by atoms with Gasteiger partial charge in [0.05, 0.1) is 16.4 Å². The summed E-state index contributed by atoms with van der Waals surface area (Å²) in [6, 6.07) is 11.2. The van der Waals surface area contributed by atoms with E-state index in [-0.39, 0.29) is 31.2 Å². The molecule has 3 rings (SSSR count). The number of ether oxygens (including phenoxy) is 1. The Balaban J connectivity index is 1.77. The van der Waals surface area contributed by atoms with Gasteiger partial charge in [0.2, 0.25) is 5.91 Å². The summed E-state index contributed by atoms with van der Waals surface area (Å²) in [7, 11) is 0. The quantitative estimate of drug-likeness (QED) is 0.272. The normalized spacial score (nSPS) is 16.0. The summed E-state index contributed by atoms with van der Waals surface area (Å²) in [6.45, 7) is 9.17. The van der Waals surface area contributed by atoms with Crippen molar-refractivity contribution in [3.63, 3.8) is 0 Å². The van der Waals surface area contributed by atoms with Gasteiger partial charge in [-0.15, -0.1) is 0 Å². The lowest BCUT2D eigenvalue weighted by Gasteiger charge is -2.39. The van der Waals surface area contributed by atoms with Crippen LogP contribution < -0.4 is 0 Å². The number of amides is 2. The largest absolute Gasteiger partial charge is 0.480 e.